The van der Waals surface area contributed by atoms with E-state index >= 15 is 0 Å². The Morgan fingerprint density at radius 1 is 0.603 bits per heavy atom. The van der Waals surface area contributed by atoms with Crippen molar-refractivity contribution in [1.29, 1.82) is 0 Å². The third-order valence-corrected chi connectivity index (χ3v) is 11.7. The molecule has 8 unspecified atom stereocenters. The Morgan fingerprint density at radius 2 is 1.02 bits per heavy atom. The maximum atomic E-state index is 12.9. The summed E-state index contributed by atoms with van der Waals surface area (Å²) >= 11 is 0. The molecule has 1 amide bonds. The van der Waals surface area contributed by atoms with Crippen LogP contribution in [0.3, 0.4) is 0 Å². The molecule has 1 fully saturated rings. The number of allylic oxidation sites excluding steroid dienone is 5. The van der Waals surface area contributed by atoms with Crippen molar-refractivity contribution < 1.29 is 59.0 Å². The van der Waals surface area contributed by atoms with Gasteiger partial charge in [0.15, 0.2) is 0 Å². The van der Waals surface area contributed by atoms with E-state index in [1.165, 1.54) is 83.1 Å². The lowest BCUT2D eigenvalue weighted by Crippen LogP contribution is -2.64. The lowest BCUT2D eigenvalue weighted by atomic mass is 9.85. The van der Waals surface area contributed by atoms with E-state index in [1.807, 2.05) is 0 Å². The average molecular weight is 848 g/mol. The fourth-order valence-corrected chi connectivity index (χ4v) is 7.92. The summed E-state index contributed by atoms with van der Waals surface area (Å²) in [4.78, 5) is 23.3. The van der Waals surface area contributed by atoms with Gasteiger partial charge in [-0.05, 0) is 57.8 Å². The third kappa shape index (κ3) is 26.0. The van der Waals surface area contributed by atoms with Crippen molar-refractivity contribution in [3.63, 3.8) is 0 Å². The van der Waals surface area contributed by atoms with Crippen LogP contribution in [-0.2, 0) is 18.4 Å². The molecule has 13 nitrogen and oxygen atoms in total. The SMILES string of the molecule is CCCCCC/C=C/CC/C=C/C(O)C(COP(=O)(O)OC1C(O)C(O)C(O)C(O)C1O)NC(=O)CC(O)CCCCCCC/C=C\CCCCCCCCCCC. The van der Waals surface area contributed by atoms with Gasteiger partial charge in [0.2, 0.25) is 5.91 Å². The van der Waals surface area contributed by atoms with Gasteiger partial charge in [0.25, 0.3) is 0 Å². The van der Waals surface area contributed by atoms with E-state index < -0.39 is 75.2 Å². The number of amides is 1. The lowest BCUT2D eigenvalue weighted by Gasteiger charge is -2.41. The molecule has 9 N–H and O–H groups in total. The molecule has 0 aromatic carbocycles. The quantitative estimate of drug-likeness (QED) is 0.0177. The first-order valence-corrected chi connectivity index (χ1v) is 24.0. The minimum Gasteiger partial charge on any atom is -0.393 e. The predicted molar refractivity (Wildman–Crippen MR) is 229 cm³/mol. The standard InChI is InChI=1S/C44H82NO12P/c1-3-5-7-9-11-13-15-16-17-18-19-20-21-22-23-25-27-29-31-35(46)33-38(48)45-36(37(47)32-30-28-26-24-14-12-10-8-6-4-2)34-56-58(54,55)57-44-42(52)40(50)39(49)41(51)43(44)53/h14,19-20,24,30,32,35-37,39-44,46-47,49-53H,3-13,15-18,21-23,25-29,31,33-34H2,1-2H3,(H,45,48)(H,54,55)/b20-19-,24-14+,32-30+. The Labute approximate surface area is 349 Å². The summed E-state index contributed by atoms with van der Waals surface area (Å²) in [7, 11) is -5.14. The van der Waals surface area contributed by atoms with E-state index in [9.17, 15) is 50.0 Å². The molecule has 58 heavy (non-hydrogen) atoms. The number of unbranched alkanes of at least 4 members (excludes halogenated alkanes) is 19. The van der Waals surface area contributed by atoms with Gasteiger partial charge >= 0.3 is 7.82 Å². The molecular weight excluding hydrogens is 765 g/mol. The second kappa shape index (κ2) is 34.1. The molecule has 1 aliphatic carbocycles. The van der Waals surface area contributed by atoms with Crippen molar-refractivity contribution in [1.82, 2.24) is 5.32 Å². The van der Waals surface area contributed by atoms with Crippen molar-refractivity contribution >= 4 is 13.7 Å². The molecule has 340 valence electrons. The van der Waals surface area contributed by atoms with Gasteiger partial charge in [-0.2, -0.15) is 0 Å². The molecule has 0 spiro atoms. The van der Waals surface area contributed by atoms with Crippen LogP contribution in [0, 0.1) is 0 Å². The highest BCUT2D eigenvalue weighted by Gasteiger charge is 2.51. The minimum absolute atomic E-state index is 0.258. The Hall–Kier alpha value is -1.48. The largest absolute Gasteiger partial charge is 0.472 e. The summed E-state index contributed by atoms with van der Waals surface area (Å²) in [5, 5.41) is 74.2. The van der Waals surface area contributed by atoms with E-state index in [2.05, 4.69) is 43.5 Å². The number of nitrogens with one attached hydrogen (secondary N) is 1. The molecule has 0 heterocycles. The molecule has 1 saturated carbocycles. The van der Waals surface area contributed by atoms with Crippen molar-refractivity contribution in [3.05, 3.63) is 36.5 Å². The first-order valence-electron chi connectivity index (χ1n) is 22.5. The smallest absolute Gasteiger partial charge is 0.393 e. The molecule has 14 heteroatoms. The van der Waals surface area contributed by atoms with Crippen LogP contribution in [0.25, 0.3) is 0 Å². The van der Waals surface area contributed by atoms with Crippen molar-refractivity contribution in [2.75, 3.05) is 6.61 Å². The van der Waals surface area contributed by atoms with Crippen LogP contribution in [0.2, 0.25) is 0 Å². The Morgan fingerprint density at radius 3 is 1.53 bits per heavy atom. The van der Waals surface area contributed by atoms with Gasteiger partial charge in [-0.3, -0.25) is 13.8 Å². The normalized spacial score (nSPS) is 24.1. The summed E-state index contributed by atoms with van der Waals surface area (Å²) in [6, 6.07) is -1.26. The summed E-state index contributed by atoms with van der Waals surface area (Å²) in [5.74, 6) is -0.610. The molecule has 0 bridgehead atoms. The second-order valence-corrected chi connectivity index (χ2v) is 17.5. The lowest BCUT2D eigenvalue weighted by molar-refractivity contribution is -0.220. The zero-order valence-electron chi connectivity index (χ0n) is 35.7. The maximum absolute atomic E-state index is 12.9. The molecule has 8 atom stereocenters. The van der Waals surface area contributed by atoms with E-state index in [0.29, 0.717) is 12.8 Å². The number of rotatable bonds is 36. The van der Waals surface area contributed by atoms with Gasteiger partial charge in [0.1, 0.15) is 36.6 Å². The average Bonchev–Trinajstić information content (AvgIpc) is 3.19. The molecule has 1 rings (SSSR count). The topological polar surface area (TPSA) is 226 Å². The molecular formula is C44H82NO12P. The minimum atomic E-state index is -5.14. The van der Waals surface area contributed by atoms with Crippen molar-refractivity contribution in [2.45, 2.75) is 229 Å². The number of hydrogen-bond acceptors (Lipinski definition) is 11. The molecule has 0 radical (unpaired) electrons. The first kappa shape index (κ1) is 54.5. The number of phosphoric ester groups is 1. The zero-order chi connectivity index (χ0) is 43.0. The summed E-state index contributed by atoms with van der Waals surface area (Å²) in [6.45, 7) is 3.67. The van der Waals surface area contributed by atoms with Crippen LogP contribution in [0.4, 0.5) is 0 Å². The van der Waals surface area contributed by atoms with Gasteiger partial charge in [-0.15, -0.1) is 0 Å². The highest BCUT2D eigenvalue weighted by Crippen LogP contribution is 2.47. The van der Waals surface area contributed by atoms with Crippen LogP contribution in [-0.4, -0.2) is 108 Å². The van der Waals surface area contributed by atoms with Gasteiger partial charge in [0.05, 0.1) is 31.3 Å². The summed E-state index contributed by atoms with van der Waals surface area (Å²) in [5.41, 5.74) is 0. The molecule has 0 aromatic rings. The number of hydrogen-bond donors (Lipinski definition) is 9. The fourth-order valence-electron chi connectivity index (χ4n) is 6.96. The van der Waals surface area contributed by atoms with Gasteiger partial charge in [-0.25, -0.2) is 4.57 Å². The number of phosphoric acid groups is 1. The highest BCUT2D eigenvalue weighted by atomic mass is 31.2. The van der Waals surface area contributed by atoms with E-state index in [-0.39, 0.29) is 6.42 Å². The zero-order valence-corrected chi connectivity index (χ0v) is 36.6. The Balaban J connectivity index is 2.52. The van der Waals surface area contributed by atoms with Crippen LogP contribution in [0.5, 0.6) is 0 Å². The van der Waals surface area contributed by atoms with Crippen LogP contribution >= 0.6 is 7.82 Å². The van der Waals surface area contributed by atoms with E-state index in [1.54, 1.807) is 6.08 Å². The van der Waals surface area contributed by atoms with Crippen LogP contribution in [0.15, 0.2) is 36.5 Å². The Bertz CT molecular complexity index is 1140. The van der Waals surface area contributed by atoms with Gasteiger partial charge in [0, 0.05) is 0 Å². The fraction of sp³-hybridized carbons (Fsp3) is 0.841. The number of aliphatic hydroxyl groups is 7. The first-order chi connectivity index (χ1) is 27.8. The van der Waals surface area contributed by atoms with Crippen LogP contribution in [0.1, 0.15) is 174 Å². The number of aliphatic hydroxyl groups excluding tert-OH is 7. The molecule has 0 saturated heterocycles. The monoisotopic (exact) mass is 848 g/mol. The Kier molecular flexibility index (Phi) is 32.1. The summed E-state index contributed by atoms with van der Waals surface area (Å²) < 4.78 is 22.8. The van der Waals surface area contributed by atoms with Gasteiger partial charge in [-0.1, -0.05) is 147 Å². The number of carbonyl (C=O) groups is 1. The van der Waals surface area contributed by atoms with E-state index in [4.69, 9.17) is 9.05 Å². The number of carbonyl (C=O) groups excluding carboxylic acids is 1. The van der Waals surface area contributed by atoms with Crippen LogP contribution < -0.4 is 5.32 Å². The molecule has 0 aromatic heterocycles. The third-order valence-electron chi connectivity index (χ3n) is 10.7. The second-order valence-electron chi connectivity index (χ2n) is 16.1. The van der Waals surface area contributed by atoms with E-state index in [0.717, 1.165) is 64.2 Å². The maximum Gasteiger partial charge on any atom is 0.472 e. The van der Waals surface area contributed by atoms with Crippen molar-refractivity contribution in [2.24, 2.45) is 0 Å². The van der Waals surface area contributed by atoms with Gasteiger partial charge < -0.3 is 46.0 Å². The highest BCUT2D eigenvalue weighted by molar-refractivity contribution is 7.47. The van der Waals surface area contributed by atoms with Crippen molar-refractivity contribution in [3.8, 4) is 0 Å². The predicted octanol–water partition coefficient (Wildman–Crippen LogP) is 6.97. The molecule has 0 aliphatic heterocycles. The summed E-state index contributed by atoms with van der Waals surface area (Å²) in [6.07, 6.45) is 24.0. The molecule has 1 aliphatic rings.